The molecule has 0 atom stereocenters. The lowest BCUT2D eigenvalue weighted by Gasteiger charge is -2.20. The van der Waals surface area contributed by atoms with Crippen LogP contribution in [0.3, 0.4) is 0 Å². The molecule has 3 aromatic rings. The van der Waals surface area contributed by atoms with E-state index in [-0.39, 0.29) is 5.89 Å². The maximum absolute atomic E-state index is 12.1. The van der Waals surface area contributed by atoms with Gasteiger partial charge in [0, 0.05) is 30.2 Å². The predicted octanol–water partition coefficient (Wildman–Crippen LogP) is 3.29. The number of hydrogen-bond acceptors (Lipinski definition) is 5. The van der Waals surface area contributed by atoms with Crippen LogP contribution in [0.15, 0.2) is 50.4 Å². The van der Waals surface area contributed by atoms with Gasteiger partial charge in [-0.25, -0.2) is 9.78 Å². The van der Waals surface area contributed by atoms with Crippen LogP contribution in [-0.4, -0.2) is 18.1 Å². The minimum Gasteiger partial charge on any atom is -0.444 e. The summed E-state index contributed by atoms with van der Waals surface area (Å²) in [6.07, 6.45) is 2.94. The highest BCUT2D eigenvalue weighted by atomic mass is 16.4. The fourth-order valence-corrected chi connectivity index (χ4v) is 2.39. The van der Waals surface area contributed by atoms with Crippen LogP contribution in [0.5, 0.6) is 0 Å². The van der Waals surface area contributed by atoms with E-state index in [9.17, 15) is 4.79 Å². The molecule has 5 nitrogen and oxygen atoms in total. The van der Waals surface area contributed by atoms with Crippen LogP contribution in [0.2, 0.25) is 0 Å². The number of fused-ring (bicyclic) bond motifs is 1. The summed E-state index contributed by atoms with van der Waals surface area (Å²) in [5, 5.41) is 0.846. The van der Waals surface area contributed by atoms with Crippen LogP contribution in [-0.2, 0) is 0 Å². The molecule has 0 spiro atoms. The van der Waals surface area contributed by atoms with E-state index in [1.165, 1.54) is 12.5 Å². The minimum absolute atomic E-state index is 0.276. The molecule has 5 heteroatoms. The molecule has 3 rings (SSSR count). The Kier molecular flexibility index (Phi) is 3.48. The Balaban J connectivity index is 2.13. The summed E-state index contributed by atoms with van der Waals surface area (Å²) in [5.74, 6) is 0.276. The van der Waals surface area contributed by atoms with E-state index in [2.05, 4.69) is 23.7 Å². The maximum Gasteiger partial charge on any atom is 0.349 e. The largest absolute Gasteiger partial charge is 0.444 e. The van der Waals surface area contributed by atoms with Gasteiger partial charge in [-0.05, 0) is 32.0 Å². The Morgan fingerprint density at radius 2 is 2.00 bits per heavy atom. The monoisotopic (exact) mass is 284 g/mol. The van der Waals surface area contributed by atoms with Gasteiger partial charge in [-0.2, -0.15) is 0 Å². The van der Waals surface area contributed by atoms with Gasteiger partial charge in [-0.1, -0.05) is 0 Å². The van der Waals surface area contributed by atoms with Crippen molar-refractivity contribution in [1.82, 2.24) is 4.98 Å². The van der Waals surface area contributed by atoms with Crippen molar-refractivity contribution in [3.05, 3.63) is 47.1 Å². The molecular weight excluding hydrogens is 268 g/mol. The predicted molar refractivity (Wildman–Crippen MR) is 81.5 cm³/mol. The van der Waals surface area contributed by atoms with Crippen molar-refractivity contribution < 1.29 is 8.83 Å². The molecular formula is C16H16N2O3. The van der Waals surface area contributed by atoms with Gasteiger partial charge in [0.15, 0.2) is 0 Å². The normalized spacial score (nSPS) is 11.0. The lowest BCUT2D eigenvalue weighted by atomic mass is 10.1. The molecule has 0 bridgehead atoms. The molecule has 0 fully saturated rings. The number of hydrogen-bond donors (Lipinski definition) is 0. The van der Waals surface area contributed by atoms with Gasteiger partial charge in [0.2, 0.25) is 5.89 Å². The number of oxazole rings is 1. The topological polar surface area (TPSA) is 59.5 Å². The molecule has 0 saturated heterocycles. The van der Waals surface area contributed by atoms with Crippen LogP contribution in [0.1, 0.15) is 13.8 Å². The first-order valence-corrected chi connectivity index (χ1v) is 6.95. The van der Waals surface area contributed by atoms with Gasteiger partial charge in [0.05, 0.1) is 6.20 Å². The third-order valence-corrected chi connectivity index (χ3v) is 3.51. The molecule has 0 N–H and O–H groups in total. The second-order valence-corrected chi connectivity index (χ2v) is 4.68. The van der Waals surface area contributed by atoms with Gasteiger partial charge >= 0.3 is 5.63 Å². The second-order valence-electron chi connectivity index (χ2n) is 4.68. The quantitative estimate of drug-likeness (QED) is 0.688. The molecule has 0 aliphatic carbocycles. The molecule has 0 unspecified atom stereocenters. The Labute approximate surface area is 121 Å². The molecule has 108 valence electrons. The zero-order chi connectivity index (χ0) is 14.8. The van der Waals surface area contributed by atoms with Crippen LogP contribution in [0.25, 0.3) is 22.4 Å². The SMILES string of the molecule is CCN(CC)c1ccc2cc(-c3ncco3)c(=O)oc2c1. The van der Waals surface area contributed by atoms with Crippen molar-refractivity contribution >= 4 is 16.7 Å². The minimum atomic E-state index is -0.443. The average molecular weight is 284 g/mol. The number of anilines is 1. The smallest absolute Gasteiger partial charge is 0.349 e. The first-order chi connectivity index (χ1) is 10.2. The summed E-state index contributed by atoms with van der Waals surface area (Å²) in [7, 11) is 0. The van der Waals surface area contributed by atoms with E-state index in [0.717, 1.165) is 24.2 Å². The van der Waals surface area contributed by atoms with Crippen LogP contribution < -0.4 is 10.5 Å². The molecule has 2 aromatic heterocycles. The van der Waals surface area contributed by atoms with Crippen LogP contribution in [0.4, 0.5) is 5.69 Å². The number of benzene rings is 1. The number of aromatic nitrogens is 1. The lowest BCUT2D eigenvalue weighted by molar-refractivity contribution is 0.543. The van der Waals surface area contributed by atoms with Crippen LogP contribution >= 0.6 is 0 Å². The van der Waals surface area contributed by atoms with Gasteiger partial charge in [0.1, 0.15) is 17.4 Å². The van der Waals surface area contributed by atoms with E-state index in [1.807, 2.05) is 18.2 Å². The Morgan fingerprint density at radius 3 is 2.67 bits per heavy atom. The molecule has 0 radical (unpaired) electrons. The highest BCUT2D eigenvalue weighted by Crippen LogP contribution is 2.24. The fraction of sp³-hybridized carbons (Fsp3) is 0.250. The van der Waals surface area contributed by atoms with Crippen molar-refractivity contribution in [2.45, 2.75) is 13.8 Å². The van der Waals surface area contributed by atoms with Crippen molar-refractivity contribution in [2.75, 3.05) is 18.0 Å². The Hall–Kier alpha value is -2.56. The van der Waals surface area contributed by atoms with Crippen LogP contribution in [0, 0.1) is 0 Å². The highest BCUT2D eigenvalue weighted by Gasteiger charge is 2.12. The molecule has 2 heterocycles. The van der Waals surface area contributed by atoms with Gasteiger partial charge in [-0.3, -0.25) is 0 Å². The molecule has 1 aromatic carbocycles. The average Bonchev–Trinajstić information content (AvgIpc) is 3.01. The third-order valence-electron chi connectivity index (χ3n) is 3.51. The van der Waals surface area contributed by atoms with Gasteiger partial charge in [0.25, 0.3) is 0 Å². The Morgan fingerprint density at radius 1 is 1.19 bits per heavy atom. The lowest BCUT2D eigenvalue weighted by Crippen LogP contribution is -2.21. The number of nitrogens with zero attached hydrogens (tertiary/aromatic N) is 2. The molecule has 0 aliphatic rings. The van der Waals surface area contributed by atoms with Gasteiger partial charge < -0.3 is 13.7 Å². The van der Waals surface area contributed by atoms with Crippen molar-refractivity contribution in [3.8, 4) is 11.5 Å². The van der Waals surface area contributed by atoms with Crippen molar-refractivity contribution in [3.63, 3.8) is 0 Å². The van der Waals surface area contributed by atoms with E-state index < -0.39 is 5.63 Å². The molecule has 21 heavy (non-hydrogen) atoms. The second kappa shape index (κ2) is 5.44. The molecule has 0 aliphatic heterocycles. The summed E-state index contributed by atoms with van der Waals surface area (Å²) in [4.78, 5) is 18.3. The van der Waals surface area contributed by atoms with Gasteiger partial charge in [-0.15, -0.1) is 0 Å². The summed E-state index contributed by atoms with van der Waals surface area (Å²) in [6.45, 7) is 5.99. The summed E-state index contributed by atoms with van der Waals surface area (Å²) in [6, 6.07) is 7.61. The molecule has 0 saturated carbocycles. The number of rotatable bonds is 4. The molecule has 0 amide bonds. The highest BCUT2D eigenvalue weighted by molar-refractivity contribution is 5.83. The summed E-state index contributed by atoms with van der Waals surface area (Å²) >= 11 is 0. The van der Waals surface area contributed by atoms with Crippen molar-refractivity contribution in [1.29, 1.82) is 0 Å². The fourth-order valence-electron chi connectivity index (χ4n) is 2.39. The van der Waals surface area contributed by atoms with E-state index in [0.29, 0.717) is 11.1 Å². The van der Waals surface area contributed by atoms with E-state index >= 15 is 0 Å². The van der Waals surface area contributed by atoms with E-state index in [1.54, 1.807) is 6.07 Å². The first-order valence-electron chi connectivity index (χ1n) is 6.95. The third kappa shape index (κ3) is 2.42. The summed E-state index contributed by atoms with van der Waals surface area (Å²) in [5.41, 5.74) is 1.50. The summed E-state index contributed by atoms with van der Waals surface area (Å²) < 4.78 is 10.6. The van der Waals surface area contributed by atoms with Crippen molar-refractivity contribution in [2.24, 2.45) is 0 Å². The maximum atomic E-state index is 12.1. The Bertz CT molecular complexity index is 802. The zero-order valence-electron chi connectivity index (χ0n) is 12.0. The van der Waals surface area contributed by atoms with E-state index in [4.69, 9.17) is 8.83 Å². The zero-order valence-corrected chi connectivity index (χ0v) is 12.0. The first kappa shape index (κ1) is 13.4. The standard InChI is InChI=1S/C16H16N2O3/c1-3-18(4-2)12-6-5-11-9-13(15-17-7-8-20-15)16(19)21-14(11)10-12/h5-10H,3-4H2,1-2H3.